The quantitative estimate of drug-likeness (QED) is 0.847. The minimum atomic E-state index is -0.669. The molecule has 1 N–H and O–H groups in total. The summed E-state index contributed by atoms with van der Waals surface area (Å²) >= 11 is 0. The first kappa shape index (κ1) is 18.9. The van der Waals surface area contributed by atoms with Crippen molar-refractivity contribution in [3.8, 4) is 0 Å². The Bertz CT molecular complexity index is 276. The predicted octanol–water partition coefficient (Wildman–Crippen LogP) is 3.24. The molecular formula is C17H35FN2O. The van der Waals surface area contributed by atoms with Gasteiger partial charge in [-0.05, 0) is 26.3 Å². The third-order valence-electron chi connectivity index (χ3n) is 4.53. The summed E-state index contributed by atoms with van der Waals surface area (Å²) in [6, 6.07) is 0.560. The molecule has 0 bridgehead atoms. The van der Waals surface area contributed by atoms with Gasteiger partial charge in [-0.2, -0.15) is 0 Å². The minimum absolute atomic E-state index is 0.0820. The summed E-state index contributed by atoms with van der Waals surface area (Å²) in [6.45, 7) is 12.4. The van der Waals surface area contributed by atoms with E-state index in [2.05, 4.69) is 24.1 Å². The van der Waals surface area contributed by atoms with Crippen LogP contribution >= 0.6 is 0 Å². The lowest BCUT2D eigenvalue weighted by Gasteiger charge is -2.58. The Hall–Kier alpha value is -0.190. The number of rotatable bonds is 2. The van der Waals surface area contributed by atoms with Gasteiger partial charge in [-0.15, -0.1) is 0 Å². The smallest absolute Gasteiger partial charge is 0.117 e. The van der Waals surface area contributed by atoms with Crippen molar-refractivity contribution in [2.24, 2.45) is 5.41 Å². The molecule has 2 heterocycles. The first-order chi connectivity index (χ1) is 10.1. The highest BCUT2D eigenvalue weighted by atomic mass is 19.1. The molecule has 2 aliphatic heterocycles. The van der Waals surface area contributed by atoms with E-state index in [0.29, 0.717) is 17.9 Å². The first-order valence-corrected chi connectivity index (χ1v) is 8.77. The summed E-state index contributed by atoms with van der Waals surface area (Å²) in [6.07, 6.45) is 3.41. The molecule has 1 spiro atoms. The SMILES string of the molecule is CC.CCC.CNC1CCC(N2CC3(COC3)C2)CC1F. The number of nitrogens with one attached hydrogen (secondary N) is 1. The maximum Gasteiger partial charge on any atom is 0.117 e. The normalized spacial score (nSPS) is 33.7. The molecule has 3 nitrogen and oxygen atoms in total. The molecular weight excluding hydrogens is 267 g/mol. The Morgan fingerprint density at radius 3 is 2.14 bits per heavy atom. The summed E-state index contributed by atoms with van der Waals surface area (Å²) in [7, 11) is 1.86. The van der Waals surface area contributed by atoms with Crippen LogP contribution in [-0.2, 0) is 4.74 Å². The fraction of sp³-hybridized carbons (Fsp3) is 1.00. The van der Waals surface area contributed by atoms with Crippen LogP contribution in [0.5, 0.6) is 0 Å². The summed E-state index contributed by atoms with van der Waals surface area (Å²) in [5.41, 5.74) is 0.464. The van der Waals surface area contributed by atoms with Crippen LogP contribution in [0.3, 0.4) is 0 Å². The highest BCUT2D eigenvalue weighted by molar-refractivity contribution is 5.03. The highest BCUT2D eigenvalue weighted by Gasteiger charge is 2.51. The van der Waals surface area contributed by atoms with Crippen molar-refractivity contribution in [3.05, 3.63) is 0 Å². The molecule has 0 radical (unpaired) electrons. The molecule has 0 aromatic heterocycles. The van der Waals surface area contributed by atoms with E-state index in [1.807, 2.05) is 20.9 Å². The van der Waals surface area contributed by atoms with Gasteiger partial charge in [0, 0.05) is 30.6 Å². The first-order valence-electron chi connectivity index (χ1n) is 8.77. The Kier molecular flexibility index (Phi) is 8.14. The third-order valence-corrected chi connectivity index (χ3v) is 4.53. The van der Waals surface area contributed by atoms with Crippen molar-refractivity contribution in [2.45, 2.75) is 71.6 Å². The van der Waals surface area contributed by atoms with E-state index in [0.717, 1.165) is 39.1 Å². The molecule has 126 valence electrons. The van der Waals surface area contributed by atoms with Gasteiger partial charge in [0.1, 0.15) is 6.17 Å². The second-order valence-electron chi connectivity index (χ2n) is 6.48. The summed E-state index contributed by atoms with van der Waals surface area (Å²) < 4.78 is 19.1. The van der Waals surface area contributed by atoms with Crippen LogP contribution in [0.1, 0.15) is 53.4 Å². The standard InChI is InChI=1S/C12H21FN2O.C3H8.C2H6/c1-14-11-3-2-9(4-10(11)13)15-5-12(6-15)7-16-8-12;1-3-2;1-2/h9-11,14H,2-8H2,1H3;3H2,1-2H3;1-2H3. The number of alkyl halides is 1. The number of hydrogen-bond donors (Lipinski definition) is 1. The van der Waals surface area contributed by atoms with Crippen molar-refractivity contribution in [1.29, 1.82) is 0 Å². The fourth-order valence-electron chi connectivity index (χ4n) is 3.40. The van der Waals surface area contributed by atoms with E-state index < -0.39 is 6.17 Å². The number of hydrogen-bond acceptors (Lipinski definition) is 3. The van der Waals surface area contributed by atoms with Gasteiger partial charge in [-0.1, -0.05) is 34.1 Å². The number of nitrogens with zero attached hydrogens (tertiary/aromatic N) is 1. The van der Waals surface area contributed by atoms with Crippen molar-refractivity contribution in [1.82, 2.24) is 10.2 Å². The third kappa shape index (κ3) is 4.64. The highest BCUT2D eigenvalue weighted by Crippen LogP contribution is 2.41. The maximum atomic E-state index is 13.8. The average molecular weight is 302 g/mol. The number of likely N-dealkylation sites (tertiary alicyclic amines) is 1. The fourth-order valence-corrected chi connectivity index (χ4v) is 3.40. The van der Waals surface area contributed by atoms with Gasteiger partial charge in [0.05, 0.1) is 13.2 Å². The van der Waals surface area contributed by atoms with E-state index in [-0.39, 0.29) is 6.04 Å². The van der Waals surface area contributed by atoms with Crippen LogP contribution in [0.4, 0.5) is 4.39 Å². The Balaban J connectivity index is 0.000000395. The zero-order chi connectivity index (χ0) is 15.9. The Morgan fingerprint density at radius 1 is 1.19 bits per heavy atom. The van der Waals surface area contributed by atoms with E-state index in [9.17, 15) is 4.39 Å². The molecule has 4 heteroatoms. The molecule has 0 amide bonds. The van der Waals surface area contributed by atoms with E-state index in [1.54, 1.807) is 0 Å². The molecule has 3 unspecified atom stereocenters. The number of ether oxygens (including phenoxy) is 1. The molecule has 3 rings (SSSR count). The molecule has 0 aromatic rings. The zero-order valence-electron chi connectivity index (χ0n) is 14.6. The van der Waals surface area contributed by atoms with Gasteiger partial charge in [-0.25, -0.2) is 4.39 Å². The molecule has 3 atom stereocenters. The van der Waals surface area contributed by atoms with Gasteiger partial charge < -0.3 is 10.1 Å². The van der Waals surface area contributed by atoms with Gasteiger partial charge in [-0.3, -0.25) is 4.90 Å². The van der Waals surface area contributed by atoms with Crippen molar-refractivity contribution < 1.29 is 9.13 Å². The minimum Gasteiger partial charge on any atom is -0.380 e. The van der Waals surface area contributed by atoms with E-state index >= 15 is 0 Å². The van der Waals surface area contributed by atoms with Crippen LogP contribution in [0, 0.1) is 5.41 Å². The largest absolute Gasteiger partial charge is 0.380 e. The van der Waals surface area contributed by atoms with Crippen LogP contribution in [-0.4, -0.2) is 56.5 Å². The van der Waals surface area contributed by atoms with Crippen molar-refractivity contribution >= 4 is 0 Å². The predicted molar refractivity (Wildman–Crippen MR) is 87.5 cm³/mol. The van der Waals surface area contributed by atoms with Crippen LogP contribution in [0.15, 0.2) is 0 Å². The van der Waals surface area contributed by atoms with E-state index in [1.165, 1.54) is 6.42 Å². The second kappa shape index (κ2) is 9.06. The lowest BCUT2D eigenvalue weighted by atomic mass is 9.75. The lowest BCUT2D eigenvalue weighted by molar-refractivity contribution is -0.202. The van der Waals surface area contributed by atoms with Crippen molar-refractivity contribution in [3.63, 3.8) is 0 Å². The van der Waals surface area contributed by atoms with Crippen molar-refractivity contribution in [2.75, 3.05) is 33.4 Å². The summed E-state index contributed by atoms with van der Waals surface area (Å²) in [4.78, 5) is 2.46. The summed E-state index contributed by atoms with van der Waals surface area (Å²) in [5.74, 6) is 0. The molecule has 3 fully saturated rings. The molecule has 1 aliphatic carbocycles. The second-order valence-corrected chi connectivity index (χ2v) is 6.48. The van der Waals surface area contributed by atoms with Gasteiger partial charge in [0.25, 0.3) is 0 Å². The summed E-state index contributed by atoms with van der Waals surface area (Å²) in [5, 5.41) is 3.07. The topological polar surface area (TPSA) is 24.5 Å². The molecule has 1 saturated carbocycles. The lowest BCUT2D eigenvalue weighted by Crippen LogP contribution is -2.68. The van der Waals surface area contributed by atoms with Gasteiger partial charge >= 0.3 is 0 Å². The molecule has 3 aliphatic rings. The van der Waals surface area contributed by atoms with Gasteiger partial charge in [0.2, 0.25) is 0 Å². The molecule has 21 heavy (non-hydrogen) atoms. The molecule has 2 saturated heterocycles. The zero-order valence-corrected chi connectivity index (χ0v) is 14.6. The number of halogens is 1. The maximum absolute atomic E-state index is 13.8. The monoisotopic (exact) mass is 302 g/mol. The van der Waals surface area contributed by atoms with E-state index in [4.69, 9.17) is 4.74 Å². The Labute approximate surface area is 130 Å². The van der Waals surface area contributed by atoms with Gasteiger partial charge in [0.15, 0.2) is 0 Å². The Morgan fingerprint density at radius 2 is 1.76 bits per heavy atom. The van der Waals surface area contributed by atoms with Crippen LogP contribution in [0.2, 0.25) is 0 Å². The van der Waals surface area contributed by atoms with Crippen LogP contribution in [0.25, 0.3) is 0 Å². The molecule has 0 aromatic carbocycles. The average Bonchev–Trinajstić information content (AvgIpc) is 2.39. The van der Waals surface area contributed by atoms with Crippen LogP contribution < -0.4 is 5.32 Å².